The molecule has 1 atom stereocenters. The fourth-order valence-electron chi connectivity index (χ4n) is 3.27. The zero-order valence-electron chi connectivity index (χ0n) is 16.0. The summed E-state index contributed by atoms with van der Waals surface area (Å²) in [7, 11) is 0. The Morgan fingerprint density at radius 2 is 2.04 bits per heavy atom. The lowest BCUT2D eigenvalue weighted by Gasteiger charge is -2.25. The summed E-state index contributed by atoms with van der Waals surface area (Å²) in [5.41, 5.74) is 1.96. The largest absolute Gasteiger partial charge is 0.361 e. The van der Waals surface area contributed by atoms with Crippen molar-refractivity contribution in [3.63, 3.8) is 0 Å². The van der Waals surface area contributed by atoms with Gasteiger partial charge in [-0.25, -0.2) is 4.98 Å². The number of aromatic nitrogens is 2. The molecule has 1 aliphatic rings. The molecule has 28 heavy (non-hydrogen) atoms. The molecule has 3 aromatic rings. The third-order valence-corrected chi connectivity index (χ3v) is 6.16. The molecule has 6 nitrogen and oxygen atoms in total. The van der Waals surface area contributed by atoms with E-state index in [-0.39, 0.29) is 29.8 Å². The van der Waals surface area contributed by atoms with Crippen molar-refractivity contribution in [2.45, 2.75) is 45.2 Å². The first kappa shape index (κ1) is 18.7. The maximum Gasteiger partial charge on any atom is 0.270 e. The highest BCUT2D eigenvalue weighted by Gasteiger charge is 2.25. The summed E-state index contributed by atoms with van der Waals surface area (Å²) in [6, 6.07) is 7.60. The Morgan fingerprint density at radius 1 is 1.21 bits per heavy atom. The van der Waals surface area contributed by atoms with Crippen molar-refractivity contribution in [3.05, 3.63) is 52.1 Å². The average Bonchev–Trinajstić information content (AvgIpc) is 3.30. The number of nitrogens with zero attached hydrogens (tertiary/aromatic N) is 1. The smallest absolute Gasteiger partial charge is 0.270 e. The zero-order valence-corrected chi connectivity index (χ0v) is 16.8. The van der Waals surface area contributed by atoms with Crippen molar-refractivity contribution in [3.8, 4) is 0 Å². The van der Waals surface area contributed by atoms with E-state index < -0.39 is 0 Å². The van der Waals surface area contributed by atoms with E-state index >= 15 is 0 Å². The minimum Gasteiger partial charge on any atom is -0.361 e. The van der Waals surface area contributed by atoms with Crippen LogP contribution in [-0.2, 0) is 0 Å². The number of hydrogen-bond acceptors (Lipinski definition) is 4. The molecule has 0 unspecified atom stereocenters. The number of carbonyl (C=O) groups is 2. The number of benzene rings is 1. The van der Waals surface area contributed by atoms with Crippen LogP contribution in [0.4, 0.5) is 0 Å². The van der Waals surface area contributed by atoms with Crippen LogP contribution in [0.25, 0.3) is 10.9 Å². The second-order valence-corrected chi connectivity index (χ2v) is 8.54. The van der Waals surface area contributed by atoms with E-state index in [1.165, 1.54) is 17.8 Å². The lowest BCUT2D eigenvalue weighted by Crippen LogP contribution is -2.39. The van der Waals surface area contributed by atoms with Gasteiger partial charge in [0.1, 0.15) is 10.7 Å². The van der Waals surface area contributed by atoms with E-state index in [0.717, 1.165) is 28.8 Å². The highest BCUT2D eigenvalue weighted by Crippen LogP contribution is 2.26. The van der Waals surface area contributed by atoms with Gasteiger partial charge >= 0.3 is 0 Å². The van der Waals surface area contributed by atoms with E-state index in [2.05, 4.69) is 20.6 Å². The molecule has 0 bridgehead atoms. The molecule has 2 amide bonds. The lowest BCUT2D eigenvalue weighted by molar-refractivity contribution is 0.0911. The molecule has 146 valence electrons. The Labute approximate surface area is 167 Å². The van der Waals surface area contributed by atoms with Crippen LogP contribution in [0.1, 0.15) is 65.0 Å². The Hall–Kier alpha value is -2.67. The second kappa shape index (κ2) is 7.75. The van der Waals surface area contributed by atoms with Gasteiger partial charge in [0.25, 0.3) is 11.8 Å². The molecule has 0 radical (unpaired) electrons. The van der Waals surface area contributed by atoms with E-state index in [0.29, 0.717) is 11.3 Å². The average molecular weight is 397 g/mol. The first-order valence-corrected chi connectivity index (χ1v) is 10.5. The van der Waals surface area contributed by atoms with E-state index in [1.807, 2.05) is 44.3 Å². The SMILES string of the molecule is CC(C)[C@H](NC(=O)c1ccc2cc[nH]c2c1)c1nc(C(=O)NC2CCC2)cs1. The number of rotatable bonds is 6. The number of thiazole rings is 1. The predicted molar refractivity (Wildman–Crippen MR) is 111 cm³/mol. The van der Waals surface area contributed by atoms with Crippen LogP contribution in [0.3, 0.4) is 0 Å². The molecule has 3 N–H and O–H groups in total. The van der Waals surface area contributed by atoms with Crippen LogP contribution >= 0.6 is 11.3 Å². The standard InChI is InChI=1S/C21H24N4O2S/c1-12(2)18(21-24-17(11-28-21)20(27)23-15-4-3-5-15)25-19(26)14-7-6-13-8-9-22-16(13)10-14/h6-12,15,18,22H,3-5H2,1-2H3,(H,23,27)(H,25,26)/t18-/m0/s1. The minimum atomic E-state index is -0.248. The van der Waals surface area contributed by atoms with Gasteiger partial charge in [-0.3, -0.25) is 9.59 Å². The zero-order chi connectivity index (χ0) is 19.7. The fraction of sp³-hybridized carbons (Fsp3) is 0.381. The quantitative estimate of drug-likeness (QED) is 0.588. The molecule has 0 saturated heterocycles. The fourth-order valence-corrected chi connectivity index (χ4v) is 4.29. The second-order valence-electron chi connectivity index (χ2n) is 7.65. The van der Waals surface area contributed by atoms with Gasteiger partial charge in [-0.2, -0.15) is 0 Å². The van der Waals surface area contributed by atoms with Crippen molar-refractivity contribution in [1.82, 2.24) is 20.6 Å². The first-order valence-electron chi connectivity index (χ1n) is 9.65. The van der Waals surface area contributed by atoms with Crippen LogP contribution in [-0.4, -0.2) is 27.8 Å². The molecule has 1 fully saturated rings. The Morgan fingerprint density at radius 3 is 2.75 bits per heavy atom. The van der Waals surface area contributed by atoms with Gasteiger partial charge in [0.15, 0.2) is 0 Å². The third-order valence-electron chi connectivity index (χ3n) is 5.23. The molecule has 1 aliphatic carbocycles. The summed E-state index contributed by atoms with van der Waals surface area (Å²) in [5, 5.41) is 9.69. The highest BCUT2D eigenvalue weighted by atomic mass is 32.1. The number of amides is 2. The van der Waals surface area contributed by atoms with Crippen molar-refractivity contribution in [2.75, 3.05) is 0 Å². The third kappa shape index (κ3) is 3.80. The Bertz CT molecular complexity index is 1000. The van der Waals surface area contributed by atoms with Crippen LogP contribution < -0.4 is 10.6 Å². The van der Waals surface area contributed by atoms with E-state index in [4.69, 9.17) is 0 Å². The number of H-pyrrole nitrogens is 1. The van der Waals surface area contributed by atoms with Crippen molar-refractivity contribution < 1.29 is 9.59 Å². The summed E-state index contributed by atoms with van der Waals surface area (Å²) in [5.74, 6) is -0.129. The molecule has 1 saturated carbocycles. The molecular formula is C21H24N4O2S. The van der Waals surface area contributed by atoms with Gasteiger partial charge < -0.3 is 15.6 Å². The van der Waals surface area contributed by atoms with E-state index in [1.54, 1.807) is 5.38 Å². The summed E-state index contributed by atoms with van der Waals surface area (Å²) < 4.78 is 0. The summed E-state index contributed by atoms with van der Waals surface area (Å²) in [4.78, 5) is 32.8. The van der Waals surface area contributed by atoms with Gasteiger partial charge in [-0.05, 0) is 48.8 Å². The van der Waals surface area contributed by atoms with Gasteiger partial charge in [-0.15, -0.1) is 11.3 Å². The predicted octanol–water partition coefficient (Wildman–Crippen LogP) is 4.03. The van der Waals surface area contributed by atoms with Gasteiger partial charge in [0, 0.05) is 28.7 Å². The molecule has 1 aromatic carbocycles. The first-order chi connectivity index (χ1) is 13.5. The molecule has 0 spiro atoms. The number of nitrogens with one attached hydrogen (secondary N) is 3. The number of fused-ring (bicyclic) bond motifs is 1. The van der Waals surface area contributed by atoms with Gasteiger partial charge in [-0.1, -0.05) is 19.9 Å². The summed E-state index contributed by atoms with van der Waals surface area (Å²) in [6.45, 7) is 4.07. The van der Waals surface area contributed by atoms with Crippen molar-refractivity contribution in [1.29, 1.82) is 0 Å². The molecule has 4 rings (SSSR count). The molecule has 0 aliphatic heterocycles. The maximum atomic E-state index is 12.8. The Balaban J connectivity index is 1.49. The molecule has 7 heteroatoms. The number of aromatic amines is 1. The molecule has 2 aromatic heterocycles. The minimum absolute atomic E-state index is 0.127. The van der Waals surface area contributed by atoms with Gasteiger partial charge in [0.2, 0.25) is 0 Å². The monoisotopic (exact) mass is 396 g/mol. The normalized spacial score (nSPS) is 15.4. The van der Waals surface area contributed by atoms with Crippen molar-refractivity contribution in [2.24, 2.45) is 5.92 Å². The number of hydrogen-bond donors (Lipinski definition) is 3. The maximum absolute atomic E-state index is 12.8. The van der Waals surface area contributed by atoms with E-state index in [9.17, 15) is 9.59 Å². The Kier molecular flexibility index (Phi) is 5.17. The molecule has 2 heterocycles. The van der Waals surface area contributed by atoms with Crippen LogP contribution in [0.5, 0.6) is 0 Å². The lowest BCUT2D eigenvalue weighted by atomic mass is 9.93. The highest BCUT2D eigenvalue weighted by molar-refractivity contribution is 7.09. The van der Waals surface area contributed by atoms with Crippen LogP contribution in [0, 0.1) is 5.92 Å². The van der Waals surface area contributed by atoms with Crippen LogP contribution in [0.2, 0.25) is 0 Å². The summed E-state index contributed by atoms with van der Waals surface area (Å²) >= 11 is 1.42. The summed E-state index contributed by atoms with van der Waals surface area (Å²) in [6.07, 6.45) is 5.11. The topological polar surface area (TPSA) is 86.9 Å². The molecular weight excluding hydrogens is 372 g/mol. The van der Waals surface area contributed by atoms with Crippen LogP contribution in [0.15, 0.2) is 35.8 Å². The number of carbonyl (C=O) groups excluding carboxylic acids is 2. The van der Waals surface area contributed by atoms with Crippen molar-refractivity contribution >= 4 is 34.1 Å². The van der Waals surface area contributed by atoms with Gasteiger partial charge in [0.05, 0.1) is 6.04 Å².